The van der Waals surface area contributed by atoms with Gasteiger partial charge in [0.15, 0.2) is 0 Å². The zero-order valence-electron chi connectivity index (χ0n) is 13.9. The van der Waals surface area contributed by atoms with Crippen molar-refractivity contribution in [2.75, 3.05) is 13.2 Å². The summed E-state index contributed by atoms with van der Waals surface area (Å²) >= 11 is 0. The van der Waals surface area contributed by atoms with Gasteiger partial charge in [-0.1, -0.05) is 59.8 Å². The molecule has 0 radical (unpaired) electrons. The molecule has 0 N–H and O–H groups in total. The summed E-state index contributed by atoms with van der Waals surface area (Å²) in [7, 11) is 0. The lowest BCUT2D eigenvalue weighted by Gasteiger charge is -2.16. The Balaban J connectivity index is 3.64. The number of unbranched alkanes of at least 4 members (excludes halogenated alkanes) is 5. The first kappa shape index (κ1) is 19.7. The molecule has 0 aliphatic rings. The third kappa shape index (κ3) is 14.9. The van der Waals surface area contributed by atoms with E-state index in [1.807, 2.05) is 20.8 Å². The Morgan fingerprint density at radius 3 is 1.95 bits per heavy atom. The third-order valence-electron chi connectivity index (χ3n) is 2.75. The van der Waals surface area contributed by atoms with E-state index in [9.17, 15) is 9.59 Å². The first-order chi connectivity index (χ1) is 9.85. The molecule has 0 spiro atoms. The molecule has 0 fully saturated rings. The molecule has 0 aliphatic carbocycles. The van der Waals surface area contributed by atoms with Crippen molar-refractivity contribution in [3.05, 3.63) is 12.2 Å². The quantitative estimate of drug-likeness (QED) is 0.347. The van der Waals surface area contributed by atoms with Gasteiger partial charge in [-0.3, -0.25) is 0 Å². The third-order valence-corrected chi connectivity index (χ3v) is 2.75. The normalized spacial score (nSPS) is 11.6. The molecule has 0 bridgehead atoms. The summed E-state index contributed by atoms with van der Waals surface area (Å²) in [4.78, 5) is 22.7. The van der Waals surface area contributed by atoms with E-state index in [1.165, 1.54) is 25.7 Å². The number of carbonyl (C=O) groups is 2. The number of carbonyl (C=O) groups excluding carboxylic acids is 2. The predicted molar refractivity (Wildman–Crippen MR) is 83.9 cm³/mol. The predicted octanol–water partition coefficient (Wildman–Crippen LogP) is 4.04. The van der Waals surface area contributed by atoms with Crippen LogP contribution in [0.5, 0.6) is 0 Å². The van der Waals surface area contributed by atoms with Crippen LogP contribution in [0.15, 0.2) is 12.2 Å². The molecule has 21 heavy (non-hydrogen) atoms. The molecule has 0 heterocycles. The van der Waals surface area contributed by atoms with Gasteiger partial charge in [0.2, 0.25) is 0 Å². The molecule has 0 saturated heterocycles. The molecule has 0 aromatic heterocycles. The highest BCUT2D eigenvalue weighted by Gasteiger charge is 2.12. The summed E-state index contributed by atoms with van der Waals surface area (Å²) in [5.74, 6) is -1.00. The molecule has 0 aromatic carbocycles. The summed E-state index contributed by atoms with van der Waals surface area (Å²) < 4.78 is 10.0. The minimum Gasteiger partial charge on any atom is -0.463 e. The SMILES string of the molecule is CCCCCCCCOC(=O)/C=C/C(=O)OCC(C)(C)C. The van der Waals surface area contributed by atoms with Crippen LogP contribution in [-0.4, -0.2) is 25.2 Å². The standard InChI is InChI=1S/C17H30O4/c1-5-6-7-8-9-10-13-20-15(18)11-12-16(19)21-14-17(2,3)4/h11-12H,5-10,13-14H2,1-4H3/b12-11+. The van der Waals surface area contributed by atoms with Gasteiger partial charge < -0.3 is 9.47 Å². The van der Waals surface area contributed by atoms with E-state index in [2.05, 4.69) is 6.92 Å². The smallest absolute Gasteiger partial charge is 0.331 e. The fourth-order valence-corrected chi connectivity index (χ4v) is 1.58. The van der Waals surface area contributed by atoms with Gasteiger partial charge in [0.1, 0.15) is 0 Å². The maximum atomic E-state index is 11.4. The largest absolute Gasteiger partial charge is 0.463 e. The van der Waals surface area contributed by atoms with Crippen LogP contribution in [0.3, 0.4) is 0 Å². The van der Waals surface area contributed by atoms with Gasteiger partial charge in [0.25, 0.3) is 0 Å². The van der Waals surface area contributed by atoms with E-state index < -0.39 is 11.9 Å². The summed E-state index contributed by atoms with van der Waals surface area (Å²) in [6.07, 6.45) is 9.11. The first-order valence-electron chi connectivity index (χ1n) is 7.87. The van der Waals surface area contributed by atoms with E-state index in [1.54, 1.807) is 0 Å². The zero-order chi connectivity index (χ0) is 16.1. The molecule has 0 aromatic rings. The summed E-state index contributed by atoms with van der Waals surface area (Å²) in [6.45, 7) is 8.83. The van der Waals surface area contributed by atoms with Crippen molar-refractivity contribution in [3.8, 4) is 0 Å². The number of hydrogen-bond donors (Lipinski definition) is 0. The van der Waals surface area contributed by atoms with Crippen molar-refractivity contribution in [2.24, 2.45) is 5.41 Å². The van der Waals surface area contributed by atoms with Crippen LogP contribution in [0.2, 0.25) is 0 Å². The molecule has 0 rings (SSSR count). The molecule has 0 unspecified atom stereocenters. The van der Waals surface area contributed by atoms with E-state index in [4.69, 9.17) is 9.47 Å². The van der Waals surface area contributed by atoms with Gasteiger partial charge in [-0.25, -0.2) is 9.59 Å². The Hall–Kier alpha value is -1.32. The van der Waals surface area contributed by atoms with Crippen molar-refractivity contribution in [1.29, 1.82) is 0 Å². The van der Waals surface area contributed by atoms with Crippen molar-refractivity contribution in [3.63, 3.8) is 0 Å². The van der Waals surface area contributed by atoms with Crippen LogP contribution in [0.1, 0.15) is 66.2 Å². The first-order valence-corrected chi connectivity index (χ1v) is 7.87. The van der Waals surface area contributed by atoms with E-state index in [0.29, 0.717) is 13.2 Å². The molecular weight excluding hydrogens is 268 g/mol. The highest BCUT2D eigenvalue weighted by Crippen LogP contribution is 2.12. The summed E-state index contributed by atoms with van der Waals surface area (Å²) in [5.41, 5.74) is -0.0816. The second-order valence-corrected chi connectivity index (χ2v) is 6.44. The van der Waals surface area contributed by atoms with E-state index >= 15 is 0 Å². The Morgan fingerprint density at radius 1 is 0.857 bits per heavy atom. The Kier molecular flexibility index (Phi) is 10.6. The maximum Gasteiger partial charge on any atom is 0.331 e. The zero-order valence-corrected chi connectivity index (χ0v) is 13.9. The van der Waals surface area contributed by atoms with Crippen molar-refractivity contribution >= 4 is 11.9 Å². The van der Waals surface area contributed by atoms with Crippen LogP contribution in [0, 0.1) is 5.41 Å². The molecule has 4 heteroatoms. The van der Waals surface area contributed by atoms with Gasteiger partial charge in [0, 0.05) is 12.2 Å². The lowest BCUT2D eigenvalue weighted by molar-refractivity contribution is -0.142. The number of ether oxygens (including phenoxy) is 2. The highest BCUT2D eigenvalue weighted by atomic mass is 16.5. The van der Waals surface area contributed by atoms with Crippen molar-refractivity contribution in [1.82, 2.24) is 0 Å². The van der Waals surface area contributed by atoms with Gasteiger partial charge in [-0.15, -0.1) is 0 Å². The Bertz CT molecular complexity index is 326. The lowest BCUT2D eigenvalue weighted by Crippen LogP contribution is -2.17. The van der Waals surface area contributed by atoms with Gasteiger partial charge in [-0.05, 0) is 11.8 Å². The van der Waals surface area contributed by atoms with Gasteiger partial charge >= 0.3 is 11.9 Å². The van der Waals surface area contributed by atoms with Crippen molar-refractivity contribution < 1.29 is 19.1 Å². The number of esters is 2. The minimum atomic E-state index is -0.513. The molecule has 0 amide bonds. The monoisotopic (exact) mass is 298 g/mol. The van der Waals surface area contributed by atoms with Gasteiger partial charge in [-0.2, -0.15) is 0 Å². The minimum absolute atomic E-state index is 0.0816. The van der Waals surface area contributed by atoms with Crippen LogP contribution in [-0.2, 0) is 19.1 Å². The van der Waals surface area contributed by atoms with Crippen LogP contribution in [0.4, 0.5) is 0 Å². The highest BCUT2D eigenvalue weighted by molar-refractivity contribution is 5.91. The Morgan fingerprint density at radius 2 is 1.38 bits per heavy atom. The average molecular weight is 298 g/mol. The summed E-state index contributed by atoms with van der Waals surface area (Å²) in [5, 5.41) is 0. The molecule has 122 valence electrons. The molecule has 0 atom stereocenters. The molecule has 4 nitrogen and oxygen atoms in total. The van der Waals surface area contributed by atoms with E-state index in [-0.39, 0.29) is 5.41 Å². The second-order valence-electron chi connectivity index (χ2n) is 6.44. The average Bonchev–Trinajstić information content (AvgIpc) is 2.41. The van der Waals surface area contributed by atoms with Crippen LogP contribution < -0.4 is 0 Å². The lowest BCUT2D eigenvalue weighted by atomic mass is 9.99. The Labute approximate surface area is 128 Å². The molecule has 0 aliphatic heterocycles. The molecule has 0 saturated carbocycles. The number of hydrogen-bond acceptors (Lipinski definition) is 4. The number of rotatable bonds is 10. The van der Waals surface area contributed by atoms with Crippen molar-refractivity contribution in [2.45, 2.75) is 66.2 Å². The maximum absolute atomic E-state index is 11.4. The van der Waals surface area contributed by atoms with Gasteiger partial charge in [0.05, 0.1) is 13.2 Å². The van der Waals surface area contributed by atoms with Crippen LogP contribution >= 0.6 is 0 Å². The van der Waals surface area contributed by atoms with Crippen LogP contribution in [0.25, 0.3) is 0 Å². The molecular formula is C17H30O4. The van der Waals surface area contributed by atoms with E-state index in [0.717, 1.165) is 25.0 Å². The topological polar surface area (TPSA) is 52.6 Å². The fraction of sp³-hybridized carbons (Fsp3) is 0.765. The fourth-order valence-electron chi connectivity index (χ4n) is 1.58. The second kappa shape index (κ2) is 11.4. The summed E-state index contributed by atoms with van der Waals surface area (Å²) in [6, 6.07) is 0.